The summed E-state index contributed by atoms with van der Waals surface area (Å²) >= 11 is 0. The number of carbonyl (C=O) groups excluding carboxylic acids is 1. The van der Waals surface area contributed by atoms with Crippen molar-refractivity contribution in [3.8, 4) is 11.6 Å². The van der Waals surface area contributed by atoms with Crippen molar-refractivity contribution in [2.75, 3.05) is 18.5 Å². The number of phenols is 1. The Hall–Kier alpha value is -2.87. The maximum atomic E-state index is 12.3. The number of benzene rings is 1. The molecule has 3 N–H and O–H groups in total. The molecule has 1 aromatic carbocycles. The van der Waals surface area contributed by atoms with Crippen molar-refractivity contribution in [1.29, 1.82) is 2.86 Å². The fourth-order valence-electron chi connectivity index (χ4n) is 5.27. The third-order valence-electron chi connectivity index (χ3n) is 7.18. The van der Waals surface area contributed by atoms with Crippen LogP contribution >= 0.6 is 0 Å². The average molecular weight is 502 g/mol. The number of anilines is 1. The van der Waals surface area contributed by atoms with Crippen LogP contribution in [0.25, 0.3) is 0 Å². The number of aryl methyl sites for hydroxylation is 3. The summed E-state index contributed by atoms with van der Waals surface area (Å²) in [4.78, 5) is 21.6. The van der Waals surface area contributed by atoms with Crippen LogP contribution in [0.4, 0.5) is 5.69 Å². The van der Waals surface area contributed by atoms with Crippen molar-refractivity contribution in [3.63, 3.8) is 0 Å². The number of phenolic OH excluding ortho intramolecular Hbond substituents is 1. The minimum Gasteiger partial charge on any atom is -0.508 e. The summed E-state index contributed by atoms with van der Waals surface area (Å²) in [5.41, 5.74) is 2.37. The van der Waals surface area contributed by atoms with Crippen LogP contribution < -0.4 is 10.1 Å². The molecular weight excluding hydrogens is 458 g/mol. The highest BCUT2D eigenvalue weighted by atomic mass is 16.5. The maximum Gasteiger partial charge on any atom is 0.311 e. The Morgan fingerprint density at radius 1 is 1.19 bits per heavy atom. The third kappa shape index (κ3) is 6.09. The van der Waals surface area contributed by atoms with Crippen LogP contribution in [0.5, 0.6) is 11.6 Å². The van der Waals surface area contributed by atoms with Gasteiger partial charge in [0.2, 0.25) is 7.31 Å². The zero-order chi connectivity index (χ0) is 27.3. The highest BCUT2D eigenvalue weighted by molar-refractivity contribution is 5.75. The molecule has 0 bridgehead atoms. The zero-order valence-electron chi connectivity index (χ0n) is 23.7. The SMILES string of the molecule is [3H]OCCC[C@H]1C[C@H](CCOC(=O)C(C)(C)C)[C@H]2Oc3nc(C)nc(CCc4ccc(O[3H])cc4)c3NC12. The first-order valence-corrected chi connectivity index (χ1v) is 13.0. The summed E-state index contributed by atoms with van der Waals surface area (Å²) in [6.45, 7) is 8.21. The predicted octanol–water partition coefficient (Wildman–Crippen LogP) is 4.21. The van der Waals surface area contributed by atoms with E-state index in [0.29, 0.717) is 43.0 Å². The second-order valence-electron chi connectivity index (χ2n) is 11.1. The zero-order valence-corrected chi connectivity index (χ0v) is 21.7. The molecule has 4 atom stereocenters. The van der Waals surface area contributed by atoms with Gasteiger partial charge in [-0.3, -0.25) is 4.79 Å². The molecule has 1 saturated carbocycles. The van der Waals surface area contributed by atoms with E-state index in [1.165, 1.54) is 0 Å². The molecule has 2 aromatic rings. The monoisotopic (exact) mass is 501 g/mol. The number of hydrogen-bond donors (Lipinski definition) is 3. The largest absolute Gasteiger partial charge is 0.508 e. The number of aromatic hydroxyl groups is 1. The number of nitrogens with one attached hydrogen (secondary N) is 1. The average Bonchev–Trinajstić information content (AvgIpc) is 3.22. The van der Waals surface area contributed by atoms with Crippen molar-refractivity contribution < 1.29 is 24.5 Å². The van der Waals surface area contributed by atoms with E-state index in [2.05, 4.69) is 20.5 Å². The number of nitrogens with zero attached hydrogens (tertiary/aromatic N) is 2. The lowest BCUT2D eigenvalue weighted by atomic mass is 9.95. The van der Waals surface area contributed by atoms with E-state index in [1.54, 1.807) is 12.1 Å². The van der Waals surface area contributed by atoms with Gasteiger partial charge in [-0.2, -0.15) is 4.98 Å². The molecule has 0 amide bonds. The first kappa shape index (κ1) is 23.5. The van der Waals surface area contributed by atoms with Crippen LogP contribution in [0.1, 0.15) is 63.5 Å². The summed E-state index contributed by atoms with van der Waals surface area (Å²) < 4.78 is 26.2. The first-order valence-electron chi connectivity index (χ1n) is 13.8. The van der Waals surface area contributed by atoms with Crippen molar-refractivity contribution in [1.82, 2.24) is 9.97 Å². The Labute approximate surface area is 216 Å². The molecule has 36 heavy (non-hydrogen) atoms. The number of aliphatic hydroxyl groups is 1. The molecule has 2 aliphatic rings. The van der Waals surface area contributed by atoms with Gasteiger partial charge in [0.15, 0.2) is 0 Å². The summed E-state index contributed by atoms with van der Waals surface area (Å²) in [5, 5.41) is 12.8. The van der Waals surface area contributed by atoms with Crippen LogP contribution in [0, 0.1) is 24.2 Å². The summed E-state index contributed by atoms with van der Waals surface area (Å²) in [6, 6.07) is 7.58. The Kier molecular flexibility index (Phi) is 7.21. The third-order valence-corrected chi connectivity index (χ3v) is 7.18. The van der Waals surface area contributed by atoms with Gasteiger partial charge in [-0.05, 0) is 89.8 Å². The molecule has 1 fully saturated rings. The van der Waals surface area contributed by atoms with E-state index in [1.807, 2.05) is 39.8 Å². The van der Waals surface area contributed by atoms with Crippen molar-refractivity contribution in [2.24, 2.45) is 17.3 Å². The highest BCUT2D eigenvalue weighted by Crippen LogP contribution is 2.45. The second-order valence-corrected chi connectivity index (χ2v) is 11.1. The van der Waals surface area contributed by atoms with Crippen LogP contribution in [0.3, 0.4) is 0 Å². The molecule has 4 rings (SSSR count). The van der Waals surface area contributed by atoms with Crippen LogP contribution in [-0.2, 0) is 22.4 Å². The molecule has 2 heterocycles. The molecular formula is C28H39N3O5. The molecule has 8 heteroatoms. The highest BCUT2D eigenvalue weighted by Gasteiger charge is 2.48. The molecule has 1 unspecified atom stereocenters. The maximum absolute atomic E-state index is 12.3. The predicted molar refractivity (Wildman–Crippen MR) is 137 cm³/mol. The standard InChI is InChI=1S/C28H39N3O5/c1-17-29-22(12-9-18-7-10-21(33)11-8-18)24-26(30-17)36-25-20(13-15-35-27(34)28(2,3)4)16-19(6-5-14-32)23(25)31-24/h7-8,10-11,19-20,23,25,31-33H,5-6,9,12-16H2,1-4H3/t19-,20-,23?,25+/m0/s1/i32T/hT. The quantitative estimate of drug-likeness (QED) is 0.310. The van der Waals surface area contributed by atoms with Crippen molar-refractivity contribution >= 4 is 11.7 Å². The van der Waals surface area contributed by atoms with Crippen molar-refractivity contribution in [2.45, 2.75) is 78.4 Å². The topological polar surface area (TPSA) is 114 Å². The van der Waals surface area contributed by atoms with Gasteiger partial charge < -0.3 is 25.0 Å². The van der Waals surface area contributed by atoms with Crippen molar-refractivity contribution in [3.05, 3.63) is 41.3 Å². The molecule has 8 nitrogen and oxygen atoms in total. The number of esters is 1. The summed E-state index contributed by atoms with van der Waals surface area (Å²) in [6.07, 6.45) is 4.78. The molecule has 1 aliphatic heterocycles. The fraction of sp³-hybridized carbons (Fsp3) is 0.607. The van der Waals surface area contributed by atoms with E-state index in [-0.39, 0.29) is 24.0 Å². The van der Waals surface area contributed by atoms with Crippen LogP contribution in [0.15, 0.2) is 24.3 Å². The van der Waals surface area contributed by atoms with Gasteiger partial charge in [-0.15, -0.1) is 0 Å². The Morgan fingerprint density at radius 2 is 2.00 bits per heavy atom. The lowest BCUT2D eigenvalue weighted by molar-refractivity contribution is -0.153. The summed E-state index contributed by atoms with van der Waals surface area (Å²) in [5.74, 6) is 2.10. The smallest absolute Gasteiger partial charge is 0.311 e. The van der Waals surface area contributed by atoms with E-state index < -0.39 is 5.41 Å². The molecule has 0 saturated heterocycles. The lowest BCUT2D eigenvalue weighted by Crippen LogP contribution is -2.44. The van der Waals surface area contributed by atoms with Crippen LogP contribution in [-0.4, -0.2) is 54.4 Å². The van der Waals surface area contributed by atoms with Gasteiger partial charge >= 0.3 is 5.97 Å². The van der Waals surface area contributed by atoms with E-state index in [9.17, 15) is 4.79 Å². The molecule has 0 radical (unpaired) electrons. The van der Waals surface area contributed by atoms with E-state index in [4.69, 9.17) is 17.3 Å². The number of ether oxygens (including phenoxy) is 2. The first-order chi connectivity index (χ1) is 18.2. The number of carbonyl (C=O) groups is 1. The number of rotatable bonds is 11. The minimum absolute atomic E-state index is 0.0788. The van der Waals surface area contributed by atoms with E-state index >= 15 is 0 Å². The molecule has 196 valence electrons. The van der Waals surface area contributed by atoms with Crippen LogP contribution in [0.2, 0.25) is 0 Å². The Morgan fingerprint density at radius 3 is 2.72 bits per heavy atom. The Bertz CT molecular complexity index is 1090. The number of aliphatic hydroxyl groups excluding tert-OH is 1. The fourth-order valence-corrected chi connectivity index (χ4v) is 5.27. The Balaban J connectivity index is 1.50. The summed E-state index contributed by atoms with van der Waals surface area (Å²) in [7, 11) is 0. The minimum atomic E-state index is -0.527. The normalized spacial score (nSPS) is 23.4. The number of hydrogen-bond acceptors (Lipinski definition) is 8. The second kappa shape index (κ2) is 11.0. The lowest BCUT2D eigenvalue weighted by Gasteiger charge is -2.35. The van der Waals surface area contributed by atoms with Gasteiger partial charge in [-0.25, -0.2) is 4.98 Å². The van der Waals surface area contributed by atoms with Gasteiger partial charge in [0.1, 0.15) is 23.4 Å². The molecule has 1 aliphatic carbocycles. The number of fused-ring (bicyclic) bond motifs is 2. The van der Waals surface area contributed by atoms with Gasteiger partial charge in [0.25, 0.3) is 1.43 Å². The number of aromatic nitrogens is 2. The van der Waals surface area contributed by atoms with Gasteiger partial charge in [0.05, 0.1) is 23.8 Å². The molecule has 1 aromatic heterocycles. The molecule has 0 spiro atoms. The van der Waals surface area contributed by atoms with E-state index in [0.717, 1.165) is 49.0 Å². The van der Waals surface area contributed by atoms with Gasteiger partial charge in [-0.1, -0.05) is 12.1 Å². The van der Waals surface area contributed by atoms with Gasteiger partial charge in [0, 0.05) is 12.5 Å².